The molecule has 5 heteroatoms. The summed E-state index contributed by atoms with van der Waals surface area (Å²) in [6.07, 6.45) is 2.02. The molecule has 1 amide bonds. The van der Waals surface area contributed by atoms with Crippen LogP contribution in [0.15, 0.2) is 36.9 Å². The predicted octanol–water partition coefficient (Wildman–Crippen LogP) is 1.96. The highest BCUT2D eigenvalue weighted by molar-refractivity contribution is 7.99. The lowest BCUT2D eigenvalue weighted by molar-refractivity contribution is -0.120. The molecule has 4 nitrogen and oxygen atoms in total. The first-order valence-electron chi connectivity index (χ1n) is 5.91. The summed E-state index contributed by atoms with van der Waals surface area (Å²) >= 11 is 1.70. The normalized spacial score (nSPS) is 9.89. The predicted molar refractivity (Wildman–Crippen MR) is 77.6 cm³/mol. The average molecular weight is 279 g/mol. The quantitative estimate of drug-likeness (QED) is 0.564. The molecule has 1 rings (SSSR count). The third kappa shape index (κ3) is 6.10. The second-order valence-corrected chi connectivity index (χ2v) is 5.05. The average Bonchev–Trinajstić information content (AvgIpc) is 2.38. The van der Waals surface area contributed by atoms with E-state index in [-0.39, 0.29) is 17.9 Å². The largest absolute Gasteiger partial charge is 0.478 e. The number of hydrogen-bond acceptors (Lipinski definition) is 3. The van der Waals surface area contributed by atoms with Crippen LogP contribution in [0.3, 0.4) is 0 Å². The SMILES string of the molecule is C=CCSCCNC(=O)Cc1cccc(C(=O)O)c1. The number of carbonyl (C=O) groups excluding carboxylic acids is 1. The number of rotatable bonds is 8. The van der Waals surface area contributed by atoms with Gasteiger partial charge in [0.2, 0.25) is 5.91 Å². The standard InChI is InChI=1S/C14H17NO3S/c1-2-7-19-8-6-15-13(16)10-11-4-3-5-12(9-11)14(17)18/h2-5,9H,1,6-8,10H2,(H,15,16)(H,17,18). The zero-order chi connectivity index (χ0) is 14.1. The summed E-state index contributed by atoms with van der Waals surface area (Å²) < 4.78 is 0. The van der Waals surface area contributed by atoms with Crippen LogP contribution in [-0.4, -0.2) is 35.0 Å². The highest BCUT2D eigenvalue weighted by Crippen LogP contribution is 2.06. The summed E-state index contributed by atoms with van der Waals surface area (Å²) in [5.41, 5.74) is 0.906. The second kappa shape index (κ2) is 8.37. The Hall–Kier alpha value is -1.75. The lowest BCUT2D eigenvalue weighted by atomic mass is 10.1. The first-order valence-corrected chi connectivity index (χ1v) is 7.06. The first kappa shape index (κ1) is 15.3. The fraction of sp³-hybridized carbons (Fsp3) is 0.286. The Bertz CT molecular complexity index is 460. The molecule has 0 bridgehead atoms. The fourth-order valence-electron chi connectivity index (χ4n) is 1.49. The van der Waals surface area contributed by atoms with E-state index in [1.165, 1.54) is 12.1 Å². The van der Waals surface area contributed by atoms with Crippen LogP contribution in [0.5, 0.6) is 0 Å². The van der Waals surface area contributed by atoms with Crippen molar-refractivity contribution in [3.63, 3.8) is 0 Å². The minimum absolute atomic E-state index is 0.0956. The van der Waals surface area contributed by atoms with E-state index in [0.717, 1.165) is 11.5 Å². The van der Waals surface area contributed by atoms with Gasteiger partial charge in [-0.15, -0.1) is 6.58 Å². The molecule has 0 aliphatic rings. The third-order valence-corrected chi connectivity index (χ3v) is 3.31. The maximum atomic E-state index is 11.6. The Labute approximate surface area is 116 Å². The van der Waals surface area contributed by atoms with Crippen LogP contribution in [0.1, 0.15) is 15.9 Å². The summed E-state index contributed by atoms with van der Waals surface area (Å²) in [7, 11) is 0. The summed E-state index contributed by atoms with van der Waals surface area (Å²) in [5.74, 6) is 0.633. The summed E-state index contributed by atoms with van der Waals surface area (Å²) in [5, 5.41) is 11.7. The molecular weight excluding hydrogens is 262 g/mol. The second-order valence-electron chi connectivity index (χ2n) is 3.90. The molecule has 0 aliphatic carbocycles. The van der Waals surface area contributed by atoms with Crippen LogP contribution < -0.4 is 5.32 Å². The molecule has 0 atom stereocenters. The van der Waals surface area contributed by atoms with Crippen molar-refractivity contribution < 1.29 is 14.7 Å². The number of aromatic carboxylic acids is 1. The first-order chi connectivity index (χ1) is 9.13. The van der Waals surface area contributed by atoms with Gasteiger partial charge in [-0.2, -0.15) is 11.8 Å². The molecule has 0 radical (unpaired) electrons. The minimum Gasteiger partial charge on any atom is -0.478 e. The molecule has 0 unspecified atom stereocenters. The molecule has 0 saturated heterocycles. The van der Waals surface area contributed by atoms with Crippen LogP contribution in [0.2, 0.25) is 0 Å². The summed E-state index contributed by atoms with van der Waals surface area (Å²) in [4.78, 5) is 22.4. The van der Waals surface area contributed by atoms with Gasteiger partial charge in [0.05, 0.1) is 12.0 Å². The van der Waals surface area contributed by atoms with Gasteiger partial charge in [0.25, 0.3) is 0 Å². The molecule has 0 saturated carbocycles. The highest BCUT2D eigenvalue weighted by Gasteiger charge is 2.06. The van der Waals surface area contributed by atoms with E-state index in [4.69, 9.17) is 5.11 Å². The van der Waals surface area contributed by atoms with Crippen molar-refractivity contribution in [1.82, 2.24) is 5.32 Å². The van der Waals surface area contributed by atoms with Crippen molar-refractivity contribution in [3.05, 3.63) is 48.0 Å². The van der Waals surface area contributed by atoms with Gasteiger partial charge in [0, 0.05) is 18.1 Å². The zero-order valence-electron chi connectivity index (χ0n) is 10.6. The number of carboxylic acids is 1. The molecular formula is C14H17NO3S. The Kier molecular flexibility index (Phi) is 6.74. The number of hydrogen-bond donors (Lipinski definition) is 2. The van der Waals surface area contributed by atoms with Gasteiger partial charge in [-0.05, 0) is 17.7 Å². The lowest BCUT2D eigenvalue weighted by Crippen LogP contribution is -2.27. The maximum absolute atomic E-state index is 11.6. The van der Waals surface area contributed by atoms with Crippen molar-refractivity contribution in [2.24, 2.45) is 0 Å². The van der Waals surface area contributed by atoms with Gasteiger partial charge in [-0.1, -0.05) is 18.2 Å². The smallest absolute Gasteiger partial charge is 0.335 e. The molecule has 0 aromatic heterocycles. The van der Waals surface area contributed by atoms with Crippen LogP contribution in [0.4, 0.5) is 0 Å². The molecule has 0 spiro atoms. The van der Waals surface area contributed by atoms with Crippen LogP contribution in [0, 0.1) is 0 Å². The molecule has 1 aromatic rings. The number of carbonyl (C=O) groups is 2. The molecule has 19 heavy (non-hydrogen) atoms. The lowest BCUT2D eigenvalue weighted by Gasteiger charge is -2.05. The fourth-order valence-corrected chi connectivity index (χ4v) is 2.07. The monoisotopic (exact) mass is 279 g/mol. The molecule has 0 heterocycles. The van der Waals surface area contributed by atoms with Gasteiger partial charge < -0.3 is 10.4 Å². The van der Waals surface area contributed by atoms with Crippen LogP contribution in [-0.2, 0) is 11.2 Å². The highest BCUT2D eigenvalue weighted by atomic mass is 32.2. The van der Waals surface area contributed by atoms with Gasteiger partial charge in [0.1, 0.15) is 0 Å². The molecule has 1 aromatic carbocycles. The van der Waals surface area contributed by atoms with Crippen molar-refractivity contribution >= 4 is 23.6 Å². The third-order valence-electron chi connectivity index (χ3n) is 2.34. The Morgan fingerprint density at radius 3 is 2.89 bits per heavy atom. The molecule has 0 fully saturated rings. The van der Waals surface area contributed by atoms with Crippen LogP contribution >= 0.6 is 11.8 Å². The van der Waals surface area contributed by atoms with E-state index in [1.54, 1.807) is 23.9 Å². The van der Waals surface area contributed by atoms with E-state index in [1.807, 2.05) is 6.08 Å². The number of amides is 1. The van der Waals surface area contributed by atoms with Gasteiger partial charge >= 0.3 is 5.97 Å². The summed E-state index contributed by atoms with van der Waals surface area (Å²) in [6.45, 7) is 4.22. The van der Waals surface area contributed by atoms with Gasteiger partial charge in [0.15, 0.2) is 0 Å². The van der Waals surface area contributed by atoms with E-state index in [9.17, 15) is 9.59 Å². The number of nitrogens with one attached hydrogen (secondary N) is 1. The molecule has 0 aliphatic heterocycles. The number of carboxylic acid groups (broad SMARTS) is 1. The Morgan fingerprint density at radius 1 is 1.42 bits per heavy atom. The Balaban J connectivity index is 2.37. The van der Waals surface area contributed by atoms with E-state index in [2.05, 4.69) is 11.9 Å². The number of thioether (sulfide) groups is 1. The summed E-state index contributed by atoms with van der Waals surface area (Å²) in [6, 6.07) is 6.43. The molecule has 2 N–H and O–H groups in total. The van der Waals surface area contributed by atoms with Crippen molar-refractivity contribution in [3.8, 4) is 0 Å². The van der Waals surface area contributed by atoms with Crippen LogP contribution in [0.25, 0.3) is 0 Å². The number of benzene rings is 1. The zero-order valence-corrected chi connectivity index (χ0v) is 11.4. The van der Waals surface area contributed by atoms with Crippen molar-refractivity contribution in [2.45, 2.75) is 6.42 Å². The van der Waals surface area contributed by atoms with Gasteiger partial charge in [-0.25, -0.2) is 4.79 Å². The van der Waals surface area contributed by atoms with E-state index < -0.39 is 5.97 Å². The van der Waals surface area contributed by atoms with E-state index >= 15 is 0 Å². The van der Waals surface area contributed by atoms with E-state index in [0.29, 0.717) is 12.1 Å². The molecule has 102 valence electrons. The van der Waals surface area contributed by atoms with Crippen molar-refractivity contribution in [2.75, 3.05) is 18.1 Å². The maximum Gasteiger partial charge on any atom is 0.335 e. The topological polar surface area (TPSA) is 66.4 Å². The van der Waals surface area contributed by atoms with Gasteiger partial charge in [-0.3, -0.25) is 4.79 Å². The minimum atomic E-state index is -0.983. The van der Waals surface area contributed by atoms with Crippen molar-refractivity contribution in [1.29, 1.82) is 0 Å². The Morgan fingerprint density at radius 2 is 2.21 bits per heavy atom.